The third kappa shape index (κ3) is 4.31. The minimum absolute atomic E-state index is 0.526. The molecular weight excluding hydrogens is 376 g/mol. The SMILES string of the molecule is c1ccc(CCCN2CCC(Nc3ncnc4sc5c(c34)CCCC5)CC2)cc1. The summed E-state index contributed by atoms with van der Waals surface area (Å²) in [6.45, 7) is 3.57. The minimum Gasteiger partial charge on any atom is -0.367 e. The van der Waals surface area contributed by atoms with Gasteiger partial charge in [0.15, 0.2) is 0 Å². The highest BCUT2D eigenvalue weighted by molar-refractivity contribution is 7.19. The summed E-state index contributed by atoms with van der Waals surface area (Å²) in [6, 6.07) is 11.4. The van der Waals surface area contributed by atoms with E-state index in [1.807, 2.05) is 11.3 Å². The molecule has 5 rings (SSSR count). The molecule has 0 unspecified atom stereocenters. The van der Waals surface area contributed by atoms with Crippen molar-refractivity contribution in [3.05, 3.63) is 52.7 Å². The topological polar surface area (TPSA) is 41.0 Å². The molecule has 0 saturated carbocycles. The highest BCUT2D eigenvalue weighted by Gasteiger charge is 2.23. The van der Waals surface area contributed by atoms with Crippen LogP contribution in [0.15, 0.2) is 36.7 Å². The molecule has 5 heteroatoms. The summed E-state index contributed by atoms with van der Waals surface area (Å²) >= 11 is 1.88. The second kappa shape index (κ2) is 8.80. The Morgan fingerprint density at radius 3 is 2.72 bits per heavy atom. The van der Waals surface area contributed by atoms with Crippen molar-refractivity contribution in [1.29, 1.82) is 0 Å². The van der Waals surface area contributed by atoms with Gasteiger partial charge in [0.2, 0.25) is 0 Å². The van der Waals surface area contributed by atoms with Gasteiger partial charge in [0.05, 0.1) is 5.39 Å². The Labute approximate surface area is 177 Å². The first-order valence-corrected chi connectivity index (χ1v) is 12.0. The smallest absolute Gasteiger partial charge is 0.138 e. The standard InChI is InChI=1S/C24H30N4S/c1-2-7-18(8-3-1)9-6-14-28-15-12-19(13-16-28)27-23-22-20-10-4-5-11-21(20)29-24(22)26-17-25-23/h1-3,7-8,17,19H,4-6,9-16H2,(H,25,26,27). The quantitative estimate of drug-likeness (QED) is 0.620. The third-order valence-corrected chi connectivity index (χ3v) is 7.66. The molecule has 1 fully saturated rings. The van der Waals surface area contributed by atoms with Crippen molar-refractivity contribution in [1.82, 2.24) is 14.9 Å². The van der Waals surface area contributed by atoms with Crippen LogP contribution >= 0.6 is 11.3 Å². The molecule has 0 radical (unpaired) electrons. The van der Waals surface area contributed by atoms with Crippen molar-refractivity contribution < 1.29 is 0 Å². The average Bonchev–Trinajstić information content (AvgIpc) is 3.15. The molecule has 0 amide bonds. The van der Waals surface area contributed by atoms with Crippen LogP contribution < -0.4 is 5.32 Å². The lowest BCUT2D eigenvalue weighted by Crippen LogP contribution is -2.39. The largest absolute Gasteiger partial charge is 0.367 e. The fourth-order valence-corrected chi connectivity index (χ4v) is 6.07. The zero-order chi connectivity index (χ0) is 19.5. The Balaban J connectivity index is 1.17. The number of thiophene rings is 1. The first-order chi connectivity index (χ1) is 14.4. The van der Waals surface area contributed by atoms with E-state index in [-0.39, 0.29) is 0 Å². The molecule has 152 valence electrons. The van der Waals surface area contributed by atoms with Gasteiger partial charge in [-0.25, -0.2) is 9.97 Å². The van der Waals surface area contributed by atoms with Gasteiger partial charge in [0.25, 0.3) is 0 Å². The number of hydrogen-bond donors (Lipinski definition) is 1. The lowest BCUT2D eigenvalue weighted by molar-refractivity contribution is 0.217. The van der Waals surface area contributed by atoms with Gasteiger partial charge < -0.3 is 10.2 Å². The predicted molar refractivity (Wildman–Crippen MR) is 122 cm³/mol. The first kappa shape index (κ1) is 19.0. The molecule has 1 aliphatic carbocycles. The number of nitrogens with zero attached hydrogens (tertiary/aromatic N) is 3. The van der Waals surface area contributed by atoms with Crippen molar-refractivity contribution in [3.8, 4) is 0 Å². The highest BCUT2D eigenvalue weighted by atomic mass is 32.1. The first-order valence-electron chi connectivity index (χ1n) is 11.1. The van der Waals surface area contributed by atoms with Gasteiger partial charge in [-0.1, -0.05) is 30.3 Å². The number of rotatable bonds is 6. The molecule has 3 heterocycles. The Morgan fingerprint density at radius 1 is 1.03 bits per heavy atom. The number of piperidine rings is 1. The van der Waals surface area contributed by atoms with Crippen molar-refractivity contribution in [2.45, 2.75) is 57.4 Å². The molecule has 1 saturated heterocycles. The van der Waals surface area contributed by atoms with E-state index >= 15 is 0 Å². The zero-order valence-electron chi connectivity index (χ0n) is 17.1. The second-order valence-corrected chi connectivity index (χ2v) is 9.55. The van der Waals surface area contributed by atoms with Gasteiger partial charge in [-0.3, -0.25) is 0 Å². The van der Waals surface area contributed by atoms with E-state index in [4.69, 9.17) is 0 Å². The molecule has 29 heavy (non-hydrogen) atoms. The van der Waals surface area contributed by atoms with E-state index < -0.39 is 0 Å². The Hall–Kier alpha value is -1.98. The number of aromatic nitrogens is 2. The molecule has 0 atom stereocenters. The summed E-state index contributed by atoms with van der Waals surface area (Å²) in [5.74, 6) is 1.08. The Bertz CT molecular complexity index is 944. The van der Waals surface area contributed by atoms with E-state index in [1.165, 1.54) is 92.3 Å². The van der Waals surface area contributed by atoms with Crippen LogP contribution in [0.3, 0.4) is 0 Å². The number of anilines is 1. The van der Waals surface area contributed by atoms with Crippen LogP contribution in [0.25, 0.3) is 10.2 Å². The summed E-state index contributed by atoms with van der Waals surface area (Å²) in [5.41, 5.74) is 2.98. The molecule has 0 bridgehead atoms. The van der Waals surface area contributed by atoms with Crippen LogP contribution in [0, 0.1) is 0 Å². The van der Waals surface area contributed by atoms with Gasteiger partial charge in [-0.2, -0.15) is 0 Å². The van der Waals surface area contributed by atoms with Gasteiger partial charge >= 0.3 is 0 Å². The molecule has 1 aliphatic heterocycles. The molecular formula is C24H30N4S. The number of nitrogens with one attached hydrogen (secondary N) is 1. The number of benzene rings is 1. The summed E-state index contributed by atoms with van der Waals surface area (Å²) in [6.07, 6.45) is 11.6. The number of fused-ring (bicyclic) bond motifs is 3. The van der Waals surface area contributed by atoms with Crippen LogP contribution in [0.5, 0.6) is 0 Å². The highest BCUT2D eigenvalue weighted by Crippen LogP contribution is 2.38. The zero-order valence-corrected chi connectivity index (χ0v) is 17.9. The van der Waals surface area contributed by atoms with Gasteiger partial charge in [-0.15, -0.1) is 11.3 Å². The fourth-order valence-electron chi connectivity index (χ4n) is 4.85. The second-order valence-electron chi connectivity index (χ2n) is 8.46. The van der Waals surface area contributed by atoms with Gasteiger partial charge in [-0.05, 0) is 69.0 Å². The van der Waals surface area contributed by atoms with E-state index in [2.05, 4.69) is 50.5 Å². The molecule has 1 aromatic carbocycles. The third-order valence-electron chi connectivity index (χ3n) is 6.46. The van der Waals surface area contributed by atoms with Crippen molar-refractivity contribution >= 4 is 27.4 Å². The molecule has 1 N–H and O–H groups in total. The summed E-state index contributed by atoms with van der Waals surface area (Å²) in [7, 11) is 0. The molecule has 4 nitrogen and oxygen atoms in total. The average molecular weight is 407 g/mol. The van der Waals surface area contributed by atoms with Crippen molar-refractivity contribution in [2.24, 2.45) is 0 Å². The van der Waals surface area contributed by atoms with Gasteiger partial charge in [0, 0.05) is 24.0 Å². The summed E-state index contributed by atoms with van der Waals surface area (Å²) in [4.78, 5) is 14.6. The molecule has 3 aromatic rings. The normalized spacial score (nSPS) is 18.1. The van der Waals surface area contributed by atoms with E-state index in [0.717, 1.165) is 5.82 Å². The summed E-state index contributed by atoms with van der Waals surface area (Å²) in [5, 5.41) is 5.11. The van der Waals surface area contributed by atoms with Crippen LogP contribution in [-0.4, -0.2) is 40.5 Å². The molecule has 2 aromatic heterocycles. The number of aryl methyl sites for hydroxylation is 3. The lowest BCUT2D eigenvalue weighted by atomic mass is 9.96. The van der Waals surface area contributed by atoms with Crippen molar-refractivity contribution in [3.63, 3.8) is 0 Å². The fraction of sp³-hybridized carbons (Fsp3) is 0.500. The van der Waals surface area contributed by atoms with Crippen molar-refractivity contribution in [2.75, 3.05) is 25.0 Å². The predicted octanol–water partition coefficient (Wildman–Crippen LogP) is 5.08. The maximum Gasteiger partial charge on any atom is 0.138 e. The van der Waals surface area contributed by atoms with Crippen LogP contribution in [0.2, 0.25) is 0 Å². The Kier molecular flexibility index (Phi) is 5.77. The minimum atomic E-state index is 0.526. The molecule has 0 spiro atoms. The van der Waals surface area contributed by atoms with E-state index in [9.17, 15) is 0 Å². The lowest BCUT2D eigenvalue weighted by Gasteiger charge is -2.32. The maximum absolute atomic E-state index is 4.65. The maximum atomic E-state index is 4.65. The van der Waals surface area contributed by atoms with E-state index in [0.29, 0.717) is 6.04 Å². The van der Waals surface area contributed by atoms with Gasteiger partial charge in [0.1, 0.15) is 17.0 Å². The van der Waals surface area contributed by atoms with Crippen LogP contribution in [0.1, 0.15) is 48.1 Å². The Morgan fingerprint density at radius 2 is 1.86 bits per heavy atom. The number of likely N-dealkylation sites (tertiary alicyclic amines) is 1. The monoisotopic (exact) mass is 406 g/mol. The van der Waals surface area contributed by atoms with Crippen LogP contribution in [-0.2, 0) is 19.3 Å². The number of hydrogen-bond acceptors (Lipinski definition) is 5. The van der Waals surface area contributed by atoms with Crippen LogP contribution in [0.4, 0.5) is 5.82 Å². The van der Waals surface area contributed by atoms with E-state index in [1.54, 1.807) is 11.2 Å². The molecule has 2 aliphatic rings. The summed E-state index contributed by atoms with van der Waals surface area (Å²) < 4.78 is 0.